The topological polar surface area (TPSA) is 37.8 Å². The molecule has 0 aliphatic heterocycles. The Hall–Kier alpha value is -2.42. The molecule has 1 heterocycles. The van der Waals surface area contributed by atoms with Crippen molar-refractivity contribution >= 4 is 5.82 Å². The Bertz CT molecular complexity index is 879. The van der Waals surface area contributed by atoms with Crippen molar-refractivity contribution in [2.45, 2.75) is 96.9 Å². The molecular formula is C29H41N3. The maximum Gasteiger partial charge on any atom is 0.130 e. The highest BCUT2D eigenvalue weighted by atomic mass is 15.0. The van der Waals surface area contributed by atoms with Crippen LogP contribution in [0.15, 0.2) is 54.6 Å². The van der Waals surface area contributed by atoms with Crippen LogP contribution in [0.4, 0.5) is 5.82 Å². The quantitative estimate of drug-likeness (QED) is 0.528. The van der Waals surface area contributed by atoms with Crippen LogP contribution in [0.1, 0.15) is 106 Å². The van der Waals surface area contributed by atoms with Gasteiger partial charge in [-0.05, 0) is 44.7 Å². The van der Waals surface area contributed by atoms with Crippen LogP contribution in [0.2, 0.25) is 0 Å². The van der Waals surface area contributed by atoms with Crippen molar-refractivity contribution in [3.8, 4) is 0 Å². The molecule has 3 heteroatoms. The number of nitrogens with one attached hydrogen (secondary N) is 1. The van der Waals surface area contributed by atoms with Gasteiger partial charge in [0.05, 0.1) is 6.04 Å². The van der Waals surface area contributed by atoms with Gasteiger partial charge in [-0.15, -0.1) is 0 Å². The van der Waals surface area contributed by atoms with E-state index in [-0.39, 0.29) is 6.04 Å². The predicted octanol–water partition coefficient (Wildman–Crippen LogP) is 8.39. The first-order valence-electron chi connectivity index (χ1n) is 12.6. The Balaban J connectivity index is 1.80. The van der Waals surface area contributed by atoms with Gasteiger partial charge < -0.3 is 5.32 Å². The van der Waals surface area contributed by atoms with E-state index in [1.807, 2.05) is 13.0 Å². The van der Waals surface area contributed by atoms with Crippen LogP contribution >= 0.6 is 0 Å². The molecular weight excluding hydrogens is 390 g/mol. The molecule has 3 rings (SSSR count). The molecule has 1 saturated carbocycles. The number of aromatic nitrogens is 2. The molecule has 0 bridgehead atoms. The summed E-state index contributed by atoms with van der Waals surface area (Å²) < 4.78 is 0. The maximum absolute atomic E-state index is 4.89. The Morgan fingerprint density at radius 1 is 0.750 bits per heavy atom. The Kier molecular flexibility index (Phi) is 9.99. The van der Waals surface area contributed by atoms with E-state index in [4.69, 9.17) is 9.97 Å². The molecule has 1 unspecified atom stereocenters. The van der Waals surface area contributed by atoms with E-state index in [2.05, 4.69) is 67.7 Å². The van der Waals surface area contributed by atoms with Crippen molar-refractivity contribution in [3.05, 3.63) is 77.2 Å². The molecule has 0 saturated heterocycles. The third-order valence-electron chi connectivity index (χ3n) is 6.60. The van der Waals surface area contributed by atoms with E-state index >= 15 is 0 Å². The fraction of sp³-hybridized carbons (Fsp3) is 0.517. The second kappa shape index (κ2) is 13.2. The third kappa shape index (κ3) is 7.93. The van der Waals surface area contributed by atoms with Crippen molar-refractivity contribution in [2.24, 2.45) is 0 Å². The lowest BCUT2D eigenvalue weighted by molar-refractivity contribution is 0.503. The molecule has 32 heavy (non-hydrogen) atoms. The largest absolute Gasteiger partial charge is 0.363 e. The van der Waals surface area contributed by atoms with Gasteiger partial charge in [0.25, 0.3) is 0 Å². The molecule has 172 valence electrons. The third-order valence-corrected chi connectivity index (χ3v) is 6.60. The molecule has 0 spiro atoms. The molecule has 0 radical (unpaired) electrons. The van der Waals surface area contributed by atoms with Crippen molar-refractivity contribution < 1.29 is 0 Å². The van der Waals surface area contributed by atoms with Gasteiger partial charge in [-0.1, -0.05) is 99.9 Å². The SMILES string of the molecule is Cc1nc(NC(C)c2ccccccccc2C)cc(C2CCCCCCCCCC2)n1. The molecule has 1 aliphatic rings. The Labute approximate surface area is 195 Å². The second-order valence-corrected chi connectivity index (χ2v) is 9.32. The molecule has 1 N–H and O–H groups in total. The molecule has 1 aromatic heterocycles. The Morgan fingerprint density at radius 2 is 1.31 bits per heavy atom. The monoisotopic (exact) mass is 431 g/mol. The van der Waals surface area contributed by atoms with Gasteiger partial charge in [0.2, 0.25) is 0 Å². The highest BCUT2D eigenvalue weighted by Gasteiger charge is 2.17. The van der Waals surface area contributed by atoms with Gasteiger partial charge in [-0.3, -0.25) is 0 Å². The van der Waals surface area contributed by atoms with Gasteiger partial charge >= 0.3 is 0 Å². The summed E-state index contributed by atoms with van der Waals surface area (Å²) in [4.78, 5) is 9.63. The predicted molar refractivity (Wildman–Crippen MR) is 137 cm³/mol. The Morgan fingerprint density at radius 3 is 1.97 bits per heavy atom. The number of aryl methyl sites for hydroxylation is 2. The summed E-state index contributed by atoms with van der Waals surface area (Å²) in [7, 11) is 0. The lowest BCUT2D eigenvalue weighted by Crippen LogP contribution is -2.12. The van der Waals surface area contributed by atoms with E-state index in [0.717, 1.165) is 11.6 Å². The minimum Gasteiger partial charge on any atom is -0.363 e. The summed E-state index contributed by atoms with van der Waals surface area (Å²) in [6.07, 6.45) is 13.5. The van der Waals surface area contributed by atoms with E-state index in [9.17, 15) is 0 Å². The smallest absolute Gasteiger partial charge is 0.130 e. The van der Waals surface area contributed by atoms with Crippen LogP contribution in [0.3, 0.4) is 0 Å². The fourth-order valence-corrected chi connectivity index (χ4v) is 4.78. The molecule has 1 fully saturated rings. The molecule has 0 amide bonds. The van der Waals surface area contributed by atoms with Crippen LogP contribution in [0.25, 0.3) is 0 Å². The number of hydrogen-bond donors (Lipinski definition) is 1. The van der Waals surface area contributed by atoms with Gasteiger partial charge in [0.1, 0.15) is 11.6 Å². The molecule has 1 aliphatic carbocycles. The second-order valence-electron chi connectivity index (χ2n) is 9.32. The number of anilines is 1. The van der Waals surface area contributed by atoms with Gasteiger partial charge in [0, 0.05) is 17.7 Å². The standard InChI is InChI=1S/C29H41N3/c1-23-18-14-10-8-9-13-17-21-27(23)24(2)30-29-22-28(31-25(3)32-29)26-19-15-11-6-4-5-7-12-16-20-26/h8-10,13-14,17-18,21-22,24,26H,4-7,11-12,15-16,19-20H2,1-3H3,(H,30,31,32). The summed E-state index contributed by atoms with van der Waals surface area (Å²) >= 11 is 0. The minimum absolute atomic E-state index is 0.155. The zero-order chi connectivity index (χ0) is 22.6. The average Bonchev–Trinajstić information content (AvgIpc) is 2.83. The van der Waals surface area contributed by atoms with Crippen LogP contribution in [-0.4, -0.2) is 9.97 Å². The lowest BCUT2D eigenvalue weighted by Gasteiger charge is -2.20. The minimum atomic E-state index is 0.155. The van der Waals surface area contributed by atoms with Crippen molar-refractivity contribution in [2.75, 3.05) is 5.32 Å². The summed E-state index contributed by atoms with van der Waals surface area (Å²) in [5.74, 6) is 2.37. The van der Waals surface area contributed by atoms with Crippen LogP contribution in [0, 0.1) is 13.8 Å². The highest BCUT2D eigenvalue weighted by Crippen LogP contribution is 2.30. The summed E-state index contributed by atoms with van der Waals surface area (Å²) in [5.41, 5.74) is 3.76. The number of hydrogen-bond acceptors (Lipinski definition) is 3. The summed E-state index contributed by atoms with van der Waals surface area (Å²) in [6.45, 7) is 6.41. The molecule has 1 aromatic carbocycles. The van der Waals surface area contributed by atoms with Crippen LogP contribution in [0.5, 0.6) is 0 Å². The first kappa shape index (κ1) is 24.2. The van der Waals surface area contributed by atoms with Gasteiger partial charge in [-0.25, -0.2) is 9.97 Å². The molecule has 3 nitrogen and oxygen atoms in total. The lowest BCUT2D eigenvalue weighted by atomic mass is 9.92. The molecule has 1 atom stereocenters. The summed E-state index contributed by atoms with van der Waals surface area (Å²) in [6, 6.07) is 19.2. The average molecular weight is 432 g/mol. The van der Waals surface area contributed by atoms with Gasteiger partial charge in [0.15, 0.2) is 0 Å². The maximum atomic E-state index is 4.89. The van der Waals surface area contributed by atoms with E-state index < -0.39 is 0 Å². The normalized spacial score (nSPS) is 17.0. The zero-order valence-corrected chi connectivity index (χ0v) is 20.3. The van der Waals surface area contributed by atoms with Crippen molar-refractivity contribution in [3.63, 3.8) is 0 Å². The first-order valence-corrected chi connectivity index (χ1v) is 12.6. The highest BCUT2D eigenvalue weighted by molar-refractivity contribution is 5.41. The van der Waals surface area contributed by atoms with E-state index in [1.54, 1.807) is 0 Å². The summed E-state index contributed by atoms with van der Waals surface area (Å²) in [5, 5.41) is 3.67. The van der Waals surface area contributed by atoms with Gasteiger partial charge in [-0.2, -0.15) is 0 Å². The van der Waals surface area contributed by atoms with Crippen LogP contribution < -0.4 is 5.32 Å². The fourth-order valence-electron chi connectivity index (χ4n) is 4.78. The van der Waals surface area contributed by atoms with E-state index in [1.165, 1.54) is 81.0 Å². The molecule has 2 aromatic rings. The van der Waals surface area contributed by atoms with Crippen molar-refractivity contribution in [1.82, 2.24) is 9.97 Å². The number of nitrogens with zero attached hydrogens (tertiary/aromatic N) is 2. The first-order chi connectivity index (χ1) is 15.6. The van der Waals surface area contributed by atoms with Crippen molar-refractivity contribution in [1.29, 1.82) is 0 Å². The van der Waals surface area contributed by atoms with Crippen LogP contribution in [-0.2, 0) is 0 Å². The number of rotatable bonds is 4. The van der Waals surface area contributed by atoms with E-state index in [0.29, 0.717) is 5.92 Å². The zero-order valence-electron chi connectivity index (χ0n) is 20.3.